The molecule has 0 bridgehead atoms. The van der Waals surface area contributed by atoms with E-state index in [-0.39, 0.29) is 16.3 Å². The molecule has 0 atom stereocenters. The summed E-state index contributed by atoms with van der Waals surface area (Å²) < 4.78 is 27.3. The van der Waals surface area contributed by atoms with Crippen LogP contribution in [0.1, 0.15) is 11.1 Å². The minimum Gasteiger partial charge on any atom is -0.321 e. The maximum Gasteiger partial charge on any atom is 0.251 e. The largest absolute Gasteiger partial charge is 0.321 e. The van der Waals surface area contributed by atoms with Gasteiger partial charge in [0.25, 0.3) is 5.56 Å². The molecule has 5 nitrogen and oxygen atoms in total. The summed E-state index contributed by atoms with van der Waals surface area (Å²) in [7, 11) is -3.60. The topological polar surface area (TPSA) is 79.0 Å². The highest BCUT2D eigenvalue weighted by Crippen LogP contribution is 2.25. The fraction of sp³-hybridized carbons (Fsp3) is 0.188. The van der Waals surface area contributed by atoms with Crippen LogP contribution in [-0.4, -0.2) is 19.9 Å². The summed E-state index contributed by atoms with van der Waals surface area (Å²) in [4.78, 5) is 15.0. The van der Waals surface area contributed by atoms with E-state index < -0.39 is 10.0 Å². The van der Waals surface area contributed by atoms with Crippen molar-refractivity contribution < 1.29 is 8.42 Å². The molecule has 126 valence electrons. The molecule has 2 heterocycles. The number of thiophene rings is 1. The minimum absolute atomic E-state index is 0.137. The zero-order valence-electron chi connectivity index (χ0n) is 12.8. The molecule has 0 aliphatic heterocycles. The van der Waals surface area contributed by atoms with E-state index in [9.17, 15) is 13.2 Å². The summed E-state index contributed by atoms with van der Waals surface area (Å²) in [6.45, 7) is 2.07. The lowest BCUT2D eigenvalue weighted by molar-refractivity contribution is 0.583. The van der Waals surface area contributed by atoms with Crippen molar-refractivity contribution in [1.29, 1.82) is 0 Å². The second-order valence-corrected chi connectivity index (χ2v) is 9.08. The molecule has 0 radical (unpaired) electrons. The average molecular weight is 383 g/mol. The van der Waals surface area contributed by atoms with Crippen molar-refractivity contribution in [3.05, 3.63) is 62.2 Å². The summed E-state index contributed by atoms with van der Waals surface area (Å²) >= 11 is 6.76. The number of para-hydroxylation sites is 1. The lowest BCUT2D eigenvalue weighted by Crippen LogP contribution is -2.27. The van der Waals surface area contributed by atoms with Crippen LogP contribution in [0.4, 0.5) is 0 Å². The third kappa shape index (κ3) is 3.54. The predicted octanol–water partition coefficient (Wildman–Crippen LogP) is 3.07. The van der Waals surface area contributed by atoms with Crippen LogP contribution in [0.5, 0.6) is 0 Å². The number of halogens is 1. The Balaban J connectivity index is 1.76. The second-order valence-electron chi connectivity index (χ2n) is 5.37. The first-order chi connectivity index (χ1) is 11.4. The fourth-order valence-corrected chi connectivity index (χ4v) is 5.01. The molecule has 1 aromatic carbocycles. The number of H-pyrrole nitrogens is 1. The smallest absolute Gasteiger partial charge is 0.251 e. The lowest BCUT2D eigenvalue weighted by atomic mass is 10.1. The first-order valence-electron chi connectivity index (χ1n) is 7.23. The monoisotopic (exact) mass is 382 g/mol. The molecule has 8 heteroatoms. The Morgan fingerprint density at radius 3 is 2.75 bits per heavy atom. The standard InChI is InChI=1S/C16H15ClN2O3S2/c1-10-3-2-4-11-9-12(16(20)19-15(10)11)7-8-18-24(21,22)14-6-5-13(17)23-14/h2-6,9,18H,7-8H2,1H3,(H,19,20). The van der Waals surface area contributed by atoms with Gasteiger partial charge >= 0.3 is 0 Å². The van der Waals surface area contributed by atoms with Crippen LogP contribution in [0.2, 0.25) is 4.34 Å². The molecule has 24 heavy (non-hydrogen) atoms. The van der Waals surface area contributed by atoms with Gasteiger partial charge in [-0.25, -0.2) is 13.1 Å². The molecule has 0 fully saturated rings. The lowest BCUT2D eigenvalue weighted by Gasteiger charge is -2.07. The number of aryl methyl sites for hydroxylation is 1. The summed E-state index contributed by atoms with van der Waals surface area (Å²) in [6, 6.07) is 10.6. The van der Waals surface area contributed by atoms with Gasteiger partial charge in [0.15, 0.2) is 0 Å². The van der Waals surface area contributed by atoms with Crippen molar-refractivity contribution in [2.75, 3.05) is 6.54 Å². The highest BCUT2D eigenvalue weighted by atomic mass is 35.5. The summed E-state index contributed by atoms with van der Waals surface area (Å²) in [6.07, 6.45) is 0.303. The molecule has 0 aliphatic rings. The van der Waals surface area contributed by atoms with Crippen molar-refractivity contribution in [3.63, 3.8) is 0 Å². The van der Waals surface area contributed by atoms with Crippen LogP contribution in [0.15, 0.2) is 45.4 Å². The normalized spacial score (nSPS) is 11.9. The van der Waals surface area contributed by atoms with Crippen LogP contribution < -0.4 is 10.3 Å². The van der Waals surface area contributed by atoms with Crippen molar-refractivity contribution in [1.82, 2.24) is 9.71 Å². The number of pyridine rings is 1. The van der Waals surface area contributed by atoms with Gasteiger partial charge in [-0.2, -0.15) is 0 Å². The van der Waals surface area contributed by atoms with E-state index in [0.717, 1.165) is 27.8 Å². The maximum atomic E-state index is 12.2. The second kappa shape index (κ2) is 6.68. The molecule has 0 unspecified atom stereocenters. The summed E-state index contributed by atoms with van der Waals surface area (Å²) in [5, 5.41) is 0.928. The molecular weight excluding hydrogens is 368 g/mol. The number of hydrogen-bond donors (Lipinski definition) is 2. The van der Waals surface area contributed by atoms with E-state index in [4.69, 9.17) is 11.6 Å². The van der Waals surface area contributed by atoms with Crippen LogP contribution in [0.25, 0.3) is 10.9 Å². The first-order valence-corrected chi connectivity index (χ1v) is 9.91. The zero-order valence-corrected chi connectivity index (χ0v) is 15.2. The van der Waals surface area contributed by atoms with Gasteiger partial charge in [0.2, 0.25) is 10.0 Å². The van der Waals surface area contributed by atoms with E-state index in [2.05, 4.69) is 9.71 Å². The van der Waals surface area contributed by atoms with Crippen molar-refractivity contribution >= 4 is 43.9 Å². The molecule has 3 aromatic rings. The van der Waals surface area contributed by atoms with E-state index >= 15 is 0 Å². The van der Waals surface area contributed by atoms with Gasteiger partial charge in [-0.1, -0.05) is 29.8 Å². The number of aromatic nitrogens is 1. The Kier molecular flexibility index (Phi) is 4.78. The van der Waals surface area contributed by atoms with E-state index in [1.807, 2.05) is 25.1 Å². The Hall–Kier alpha value is -1.67. The van der Waals surface area contributed by atoms with Crippen molar-refractivity contribution in [2.24, 2.45) is 0 Å². The SMILES string of the molecule is Cc1cccc2cc(CCNS(=O)(=O)c3ccc(Cl)s3)c(=O)[nH]c12. The molecule has 0 saturated heterocycles. The van der Waals surface area contributed by atoms with Gasteiger partial charge in [0.1, 0.15) is 4.21 Å². The average Bonchev–Trinajstić information content (AvgIpc) is 2.96. The predicted molar refractivity (Wildman–Crippen MR) is 97.5 cm³/mol. The Morgan fingerprint density at radius 1 is 1.25 bits per heavy atom. The third-order valence-electron chi connectivity index (χ3n) is 3.66. The van der Waals surface area contributed by atoms with Gasteiger partial charge in [-0.15, -0.1) is 11.3 Å². The molecule has 0 aliphatic carbocycles. The molecule has 2 aromatic heterocycles. The van der Waals surface area contributed by atoms with Gasteiger partial charge < -0.3 is 4.98 Å². The molecule has 2 N–H and O–H groups in total. The van der Waals surface area contributed by atoms with Gasteiger partial charge in [0, 0.05) is 12.1 Å². The van der Waals surface area contributed by atoms with Crippen molar-refractivity contribution in [2.45, 2.75) is 17.6 Å². The highest BCUT2D eigenvalue weighted by Gasteiger charge is 2.16. The fourth-order valence-electron chi connectivity index (χ4n) is 2.45. The zero-order chi connectivity index (χ0) is 17.3. The van der Waals surface area contributed by atoms with Gasteiger partial charge in [-0.05, 0) is 42.5 Å². The van der Waals surface area contributed by atoms with Gasteiger partial charge in [0.05, 0.1) is 9.85 Å². The van der Waals surface area contributed by atoms with Crippen LogP contribution >= 0.6 is 22.9 Å². The molecule has 0 saturated carbocycles. The van der Waals surface area contributed by atoms with Crippen molar-refractivity contribution in [3.8, 4) is 0 Å². The third-order valence-corrected chi connectivity index (χ3v) is 6.85. The number of sulfonamides is 1. The van der Waals surface area contributed by atoms with Crippen LogP contribution in [-0.2, 0) is 16.4 Å². The van der Waals surface area contributed by atoms with E-state index in [0.29, 0.717) is 16.3 Å². The molecule has 0 spiro atoms. The highest BCUT2D eigenvalue weighted by molar-refractivity contribution is 7.91. The Morgan fingerprint density at radius 2 is 2.04 bits per heavy atom. The van der Waals surface area contributed by atoms with Gasteiger partial charge in [-0.3, -0.25) is 4.79 Å². The number of rotatable bonds is 5. The minimum atomic E-state index is -3.60. The number of nitrogens with one attached hydrogen (secondary N) is 2. The van der Waals surface area contributed by atoms with Crippen LogP contribution in [0.3, 0.4) is 0 Å². The molecule has 3 rings (SSSR count). The number of aromatic amines is 1. The Bertz CT molecular complexity index is 1050. The maximum absolute atomic E-state index is 12.2. The number of benzene rings is 1. The summed E-state index contributed by atoms with van der Waals surface area (Å²) in [5.41, 5.74) is 2.14. The molecular formula is C16H15ClN2O3S2. The van der Waals surface area contributed by atoms with E-state index in [1.54, 1.807) is 6.07 Å². The van der Waals surface area contributed by atoms with E-state index in [1.165, 1.54) is 12.1 Å². The molecule has 0 amide bonds. The number of hydrogen-bond acceptors (Lipinski definition) is 4. The summed E-state index contributed by atoms with van der Waals surface area (Å²) in [5.74, 6) is 0. The Labute approximate surface area is 148 Å². The van der Waals surface area contributed by atoms with Crippen LogP contribution in [0, 0.1) is 6.92 Å². The number of fused-ring (bicyclic) bond motifs is 1. The first kappa shape index (κ1) is 17.2. The quantitative estimate of drug-likeness (QED) is 0.711.